The maximum absolute atomic E-state index is 12.2. The molecule has 1 aliphatic carbocycles. The molecule has 25 heavy (non-hydrogen) atoms. The SMILES string of the molecule is CC(O)CNC(C)(C)COc1cccc2oc(=O)c3c(c12)CCCC3. The van der Waals surface area contributed by atoms with Crippen molar-refractivity contribution in [1.29, 1.82) is 0 Å². The molecule has 1 aliphatic rings. The summed E-state index contributed by atoms with van der Waals surface area (Å²) in [5.74, 6) is 0.756. The van der Waals surface area contributed by atoms with Gasteiger partial charge in [0, 0.05) is 17.6 Å². The van der Waals surface area contributed by atoms with Crippen LogP contribution in [0.4, 0.5) is 0 Å². The van der Waals surface area contributed by atoms with Crippen LogP contribution in [-0.4, -0.2) is 29.9 Å². The van der Waals surface area contributed by atoms with Gasteiger partial charge in [-0.2, -0.15) is 0 Å². The smallest absolute Gasteiger partial charge is 0.339 e. The van der Waals surface area contributed by atoms with Gasteiger partial charge in [-0.25, -0.2) is 4.79 Å². The van der Waals surface area contributed by atoms with Crippen LogP contribution in [0.25, 0.3) is 11.0 Å². The van der Waals surface area contributed by atoms with Crippen LogP contribution >= 0.6 is 0 Å². The van der Waals surface area contributed by atoms with Crippen molar-refractivity contribution in [2.75, 3.05) is 13.2 Å². The van der Waals surface area contributed by atoms with Gasteiger partial charge in [-0.1, -0.05) is 6.07 Å². The summed E-state index contributed by atoms with van der Waals surface area (Å²) in [6.45, 7) is 6.79. The average Bonchev–Trinajstić information content (AvgIpc) is 2.58. The Balaban J connectivity index is 1.91. The molecule has 0 aliphatic heterocycles. The van der Waals surface area contributed by atoms with Crippen molar-refractivity contribution in [3.63, 3.8) is 0 Å². The van der Waals surface area contributed by atoms with E-state index in [-0.39, 0.29) is 11.2 Å². The minimum atomic E-state index is -0.405. The van der Waals surface area contributed by atoms with Crippen LogP contribution in [0, 0.1) is 0 Å². The number of nitrogens with one attached hydrogen (secondary N) is 1. The first kappa shape index (κ1) is 18.0. The number of aryl methyl sites for hydroxylation is 1. The lowest BCUT2D eigenvalue weighted by atomic mass is 9.90. The van der Waals surface area contributed by atoms with Gasteiger partial charge >= 0.3 is 5.63 Å². The molecule has 1 unspecified atom stereocenters. The Bertz CT molecular complexity index is 807. The topological polar surface area (TPSA) is 71.7 Å². The average molecular weight is 345 g/mol. The summed E-state index contributed by atoms with van der Waals surface area (Å²) in [4.78, 5) is 12.2. The van der Waals surface area contributed by atoms with E-state index < -0.39 is 6.10 Å². The fraction of sp³-hybridized carbons (Fsp3) is 0.550. The Morgan fingerprint density at radius 1 is 1.28 bits per heavy atom. The van der Waals surface area contributed by atoms with E-state index in [0.717, 1.165) is 47.9 Å². The van der Waals surface area contributed by atoms with Gasteiger partial charge in [-0.05, 0) is 64.2 Å². The van der Waals surface area contributed by atoms with Gasteiger partial charge in [0.15, 0.2) is 0 Å². The first-order valence-corrected chi connectivity index (χ1v) is 9.01. The standard InChI is InChI=1S/C20H27NO4/c1-13(22)11-21-20(2,3)12-24-16-9-6-10-17-18(16)14-7-4-5-8-15(14)19(23)25-17/h6,9-10,13,21-22H,4-5,7-8,11-12H2,1-3H3. The summed E-state index contributed by atoms with van der Waals surface area (Å²) in [5, 5.41) is 13.7. The minimum Gasteiger partial charge on any atom is -0.491 e. The van der Waals surface area contributed by atoms with Gasteiger partial charge < -0.3 is 19.6 Å². The maximum Gasteiger partial charge on any atom is 0.339 e. The van der Waals surface area contributed by atoms with Crippen LogP contribution in [0.15, 0.2) is 27.4 Å². The molecule has 1 heterocycles. The Labute approximate surface area is 148 Å². The number of benzene rings is 1. The number of aliphatic hydroxyl groups is 1. The quantitative estimate of drug-likeness (QED) is 0.788. The molecule has 0 bridgehead atoms. The number of β-amino-alcohol motifs (C(OH)–C–C–N with tert-alkyl or cyclic N) is 1. The normalized spacial score (nSPS) is 15.8. The van der Waals surface area contributed by atoms with E-state index in [1.54, 1.807) is 6.92 Å². The number of ether oxygens (including phenoxy) is 1. The van der Waals surface area contributed by atoms with E-state index in [2.05, 4.69) is 5.32 Å². The highest BCUT2D eigenvalue weighted by Gasteiger charge is 2.23. The predicted molar refractivity (Wildman–Crippen MR) is 98.4 cm³/mol. The highest BCUT2D eigenvalue weighted by molar-refractivity contribution is 5.87. The first-order valence-electron chi connectivity index (χ1n) is 9.01. The van der Waals surface area contributed by atoms with E-state index >= 15 is 0 Å². The van der Waals surface area contributed by atoms with Gasteiger partial charge in [0.05, 0.1) is 11.5 Å². The van der Waals surface area contributed by atoms with Crippen LogP contribution < -0.4 is 15.7 Å². The molecule has 3 rings (SSSR count). The number of rotatable bonds is 6. The lowest BCUT2D eigenvalue weighted by molar-refractivity contribution is 0.154. The number of fused-ring (bicyclic) bond motifs is 3. The van der Waals surface area contributed by atoms with Crippen LogP contribution in [0.5, 0.6) is 5.75 Å². The Morgan fingerprint density at radius 2 is 2.00 bits per heavy atom. The van der Waals surface area contributed by atoms with Crippen LogP contribution in [0.3, 0.4) is 0 Å². The summed E-state index contributed by atoms with van der Waals surface area (Å²) < 4.78 is 11.6. The third kappa shape index (κ3) is 4.05. The summed E-state index contributed by atoms with van der Waals surface area (Å²) in [6, 6.07) is 5.61. The highest BCUT2D eigenvalue weighted by atomic mass is 16.5. The van der Waals surface area contributed by atoms with Crippen molar-refractivity contribution in [3.05, 3.63) is 39.7 Å². The molecule has 5 heteroatoms. The van der Waals surface area contributed by atoms with E-state index in [4.69, 9.17) is 9.15 Å². The van der Waals surface area contributed by atoms with E-state index in [1.807, 2.05) is 32.0 Å². The van der Waals surface area contributed by atoms with Crippen LogP contribution in [-0.2, 0) is 12.8 Å². The molecule has 1 aromatic carbocycles. The summed E-state index contributed by atoms with van der Waals surface area (Å²) in [6.07, 6.45) is 3.38. The molecule has 0 spiro atoms. The highest BCUT2D eigenvalue weighted by Crippen LogP contribution is 2.33. The molecule has 1 aromatic heterocycles. The zero-order valence-electron chi connectivity index (χ0n) is 15.2. The van der Waals surface area contributed by atoms with Crippen molar-refractivity contribution in [3.8, 4) is 5.75 Å². The predicted octanol–water partition coefficient (Wildman–Crippen LogP) is 2.80. The molecule has 0 saturated heterocycles. The second-order valence-electron chi connectivity index (χ2n) is 7.59. The molecule has 0 saturated carbocycles. The molecule has 136 valence electrons. The van der Waals surface area contributed by atoms with Gasteiger partial charge in [0.25, 0.3) is 0 Å². The van der Waals surface area contributed by atoms with Crippen LogP contribution in [0.2, 0.25) is 0 Å². The zero-order chi connectivity index (χ0) is 18.0. The zero-order valence-corrected chi connectivity index (χ0v) is 15.2. The summed E-state index contributed by atoms with van der Waals surface area (Å²) >= 11 is 0. The molecular formula is C20H27NO4. The number of aliphatic hydroxyl groups excluding tert-OH is 1. The van der Waals surface area contributed by atoms with Gasteiger partial charge in [0.1, 0.15) is 17.9 Å². The Hall–Kier alpha value is -1.85. The van der Waals surface area contributed by atoms with Crippen molar-refractivity contribution in [2.24, 2.45) is 0 Å². The van der Waals surface area contributed by atoms with Crippen molar-refractivity contribution in [1.82, 2.24) is 5.32 Å². The molecule has 0 amide bonds. The van der Waals surface area contributed by atoms with Crippen molar-refractivity contribution < 1.29 is 14.3 Å². The second-order valence-corrected chi connectivity index (χ2v) is 7.59. The molecule has 2 aromatic rings. The molecule has 1 atom stereocenters. The molecule has 0 fully saturated rings. The lowest BCUT2D eigenvalue weighted by Gasteiger charge is -2.28. The van der Waals surface area contributed by atoms with Crippen molar-refractivity contribution >= 4 is 11.0 Å². The fourth-order valence-electron chi connectivity index (χ4n) is 3.31. The Morgan fingerprint density at radius 3 is 2.72 bits per heavy atom. The van der Waals surface area contributed by atoms with E-state index in [9.17, 15) is 9.90 Å². The van der Waals surface area contributed by atoms with E-state index in [0.29, 0.717) is 18.7 Å². The Kier molecular flexibility index (Phi) is 5.16. The summed E-state index contributed by atoms with van der Waals surface area (Å²) in [5.41, 5.74) is 2.00. The molecule has 2 N–H and O–H groups in total. The van der Waals surface area contributed by atoms with Gasteiger partial charge in [-0.15, -0.1) is 0 Å². The third-order valence-electron chi connectivity index (χ3n) is 4.67. The monoisotopic (exact) mass is 345 g/mol. The maximum atomic E-state index is 12.2. The van der Waals surface area contributed by atoms with Gasteiger partial charge in [-0.3, -0.25) is 0 Å². The first-order chi connectivity index (χ1) is 11.9. The molecular weight excluding hydrogens is 318 g/mol. The third-order valence-corrected chi connectivity index (χ3v) is 4.67. The largest absolute Gasteiger partial charge is 0.491 e. The van der Waals surface area contributed by atoms with Crippen LogP contribution in [0.1, 0.15) is 44.7 Å². The van der Waals surface area contributed by atoms with E-state index in [1.165, 1.54) is 0 Å². The van der Waals surface area contributed by atoms with Crippen molar-refractivity contribution in [2.45, 2.75) is 58.1 Å². The molecule has 5 nitrogen and oxygen atoms in total. The minimum absolute atomic E-state index is 0.210. The summed E-state index contributed by atoms with van der Waals surface area (Å²) in [7, 11) is 0. The lowest BCUT2D eigenvalue weighted by Crippen LogP contribution is -2.47. The molecule has 0 radical (unpaired) electrons. The van der Waals surface area contributed by atoms with Gasteiger partial charge in [0.2, 0.25) is 0 Å². The second kappa shape index (κ2) is 7.18. The fourth-order valence-corrected chi connectivity index (χ4v) is 3.31. The number of hydrogen-bond donors (Lipinski definition) is 2. The number of hydrogen-bond acceptors (Lipinski definition) is 5.